The van der Waals surface area contributed by atoms with Gasteiger partial charge in [0.2, 0.25) is 0 Å². The van der Waals surface area contributed by atoms with Crippen LogP contribution in [0.25, 0.3) is 21.9 Å². The van der Waals surface area contributed by atoms with Crippen molar-refractivity contribution in [3.05, 3.63) is 83.9 Å². The molecule has 3 aromatic heterocycles. The standard InChI is InChI=1S/C21H16N8OS/c1-14-7-8-16(9-19(14)29-13-22-26-27-29)24-20(30)18-12-31-21(25-18)15-10-23-28(11-15)17-5-3-2-4-6-17/h2-13H,1H3,(H,24,30). The predicted molar refractivity (Wildman–Crippen MR) is 117 cm³/mol. The number of para-hydroxylation sites is 1. The highest BCUT2D eigenvalue weighted by Gasteiger charge is 2.14. The molecule has 2 aromatic carbocycles. The average Bonchev–Trinajstić information content (AvgIpc) is 3.56. The number of tetrazole rings is 1. The maximum atomic E-state index is 12.7. The first-order valence-corrected chi connectivity index (χ1v) is 10.3. The molecule has 0 atom stereocenters. The highest BCUT2D eigenvalue weighted by molar-refractivity contribution is 7.13. The highest BCUT2D eigenvalue weighted by atomic mass is 32.1. The van der Waals surface area contributed by atoms with Gasteiger partial charge in [-0.3, -0.25) is 4.79 Å². The molecule has 5 rings (SSSR count). The Morgan fingerprint density at radius 3 is 2.77 bits per heavy atom. The second-order valence-corrected chi connectivity index (χ2v) is 7.61. The molecule has 0 saturated carbocycles. The Morgan fingerprint density at radius 2 is 1.97 bits per heavy atom. The van der Waals surface area contributed by atoms with Crippen LogP contribution in [0.15, 0.2) is 72.6 Å². The number of nitrogens with zero attached hydrogens (tertiary/aromatic N) is 7. The SMILES string of the molecule is Cc1ccc(NC(=O)c2csc(-c3cnn(-c4ccccc4)c3)n2)cc1-n1cnnn1. The average molecular weight is 428 g/mol. The van der Waals surface area contributed by atoms with Gasteiger partial charge in [-0.2, -0.15) is 5.10 Å². The second-order valence-electron chi connectivity index (χ2n) is 6.76. The topological polar surface area (TPSA) is 103 Å². The maximum absolute atomic E-state index is 12.7. The lowest BCUT2D eigenvalue weighted by Crippen LogP contribution is -2.13. The molecule has 0 spiro atoms. The molecule has 152 valence electrons. The van der Waals surface area contributed by atoms with Crippen LogP contribution >= 0.6 is 11.3 Å². The molecule has 0 aliphatic rings. The highest BCUT2D eigenvalue weighted by Crippen LogP contribution is 2.25. The van der Waals surface area contributed by atoms with Gasteiger partial charge >= 0.3 is 0 Å². The van der Waals surface area contributed by atoms with Crippen molar-refractivity contribution in [2.45, 2.75) is 6.92 Å². The Kier molecular flexibility index (Phi) is 4.81. The van der Waals surface area contributed by atoms with Gasteiger partial charge in [-0.15, -0.1) is 16.4 Å². The summed E-state index contributed by atoms with van der Waals surface area (Å²) in [4.78, 5) is 17.2. The Hall–Kier alpha value is -4.18. The first kappa shape index (κ1) is 18.8. The first-order chi connectivity index (χ1) is 15.2. The van der Waals surface area contributed by atoms with Gasteiger partial charge in [-0.05, 0) is 47.2 Å². The van der Waals surface area contributed by atoms with Crippen LogP contribution in [-0.2, 0) is 0 Å². The molecule has 0 radical (unpaired) electrons. The number of aryl methyl sites for hydroxylation is 1. The number of rotatable bonds is 5. The molecule has 31 heavy (non-hydrogen) atoms. The minimum atomic E-state index is -0.288. The Bertz CT molecular complexity index is 1340. The Morgan fingerprint density at radius 1 is 1.10 bits per heavy atom. The summed E-state index contributed by atoms with van der Waals surface area (Å²) in [5, 5.41) is 21.0. The summed E-state index contributed by atoms with van der Waals surface area (Å²) in [6, 6.07) is 15.4. The van der Waals surface area contributed by atoms with Crippen molar-refractivity contribution in [3.8, 4) is 21.9 Å². The molecule has 5 aromatic rings. The molecule has 1 N–H and O–H groups in total. The molecule has 9 nitrogen and oxygen atoms in total. The summed E-state index contributed by atoms with van der Waals surface area (Å²) in [6.45, 7) is 1.95. The number of thiazole rings is 1. The van der Waals surface area contributed by atoms with Gasteiger partial charge < -0.3 is 5.32 Å². The lowest BCUT2D eigenvalue weighted by molar-refractivity contribution is 0.102. The van der Waals surface area contributed by atoms with Crippen molar-refractivity contribution in [2.24, 2.45) is 0 Å². The third kappa shape index (κ3) is 3.83. The minimum absolute atomic E-state index is 0.288. The van der Waals surface area contributed by atoms with Crippen molar-refractivity contribution < 1.29 is 4.79 Å². The molecule has 10 heteroatoms. The Labute approximate surface area is 181 Å². The van der Waals surface area contributed by atoms with Crippen LogP contribution in [0.1, 0.15) is 16.1 Å². The molecule has 0 unspecified atom stereocenters. The molecular weight excluding hydrogens is 412 g/mol. The van der Waals surface area contributed by atoms with Gasteiger partial charge in [-0.1, -0.05) is 24.3 Å². The van der Waals surface area contributed by atoms with Gasteiger partial charge in [0.1, 0.15) is 17.0 Å². The predicted octanol–water partition coefficient (Wildman–Crippen LogP) is 3.53. The third-order valence-electron chi connectivity index (χ3n) is 4.65. The Balaban J connectivity index is 1.34. The van der Waals surface area contributed by atoms with E-state index in [9.17, 15) is 4.79 Å². The molecule has 0 bridgehead atoms. The number of nitrogens with one attached hydrogen (secondary N) is 1. The van der Waals surface area contributed by atoms with Crippen LogP contribution in [0.3, 0.4) is 0 Å². The van der Waals surface area contributed by atoms with Crippen LogP contribution in [0.2, 0.25) is 0 Å². The van der Waals surface area contributed by atoms with Crippen molar-refractivity contribution in [3.63, 3.8) is 0 Å². The second kappa shape index (κ2) is 7.92. The monoisotopic (exact) mass is 428 g/mol. The number of hydrogen-bond donors (Lipinski definition) is 1. The van der Waals surface area contributed by atoms with Gasteiger partial charge in [0, 0.05) is 22.8 Å². The van der Waals surface area contributed by atoms with E-state index < -0.39 is 0 Å². The fourth-order valence-corrected chi connectivity index (χ4v) is 3.84. The van der Waals surface area contributed by atoms with E-state index >= 15 is 0 Å². The van der Waals surface area contributed by atoms with Crippen LogP contribution < -0.4 is 5.32 Å². The van der Waals surface area contributed by atoms with E-state index in [2.05, 4.69) is 30.9 Å². The van der Waals surface area contributed by atoms with E-state index in [-0.39, 0.29) is 5.91 Å². The largest absolute Gasteiger partial charge is 0.321 e. The number of aromatic nitrogens is 7. The zero-order valence-corrected chi connectivity index (χ0v) is 17.2. The molecule has 0 saturated heterocycles. The van der Waals surface area contributed by atoms with E-state index in [1.165, 1.54) is 17.7 Å². The molecule has 0 fully saturated rings. The molecular formula is C21H16N8OS. The van der Waals surface area contributed by atoms with Crippen LogP contribution in [0.4, 0.5) is 5.69 Å². The lowest BCUT2D eigenvalue weighted by Gasteiger charge is -2.08. The number of carbonyl (C=O) groups excluding carboxylic acids is 1. The summed E-state index contributed by atoms with van der Waals surface area (Å²) in [7, 11) is 0. The van der Waals surface area contributed by atoms with Crippen molar-refractivity contribution in [1.82, 2.24) is 35.0 Å². The molecule has 0 aliphatic heterocycles. The van der Waals surface area contributed by atoms with E-state index in [1.807, 2.05) is 61.7 Å². The first-order valence-electron chi connectivity index (χ1n) is 9.39. The van der Waals surface area contributed by atoms with Gasteiger partial charge in [0.05, 0.1) is 17.6 Å². The van der Waals surface area contributed by atoms with Crippen LogP contribution in [0, 0.1) is 6.92 Å². The third-order valence-corrected chi connectivity index (χ3v) is 5.54. The molecule has 1 amide bonds. The fraction of sp³-hybridized carbons (Fsp3) is 0.0476. The van der Waals surface area contributed by atoms with Crippen molar-refractivity contribution in [2.75, 3.05) is 5.32 Å². The summed E-state index contributed by atoms with van der Waals surface area (Å²) in [6.07, 6.45) is 5.15. The summed E-state index contributed by atoms with van der Waals surface area (Å²) in [5.41, 5.74) is 4.56. The normalized spacial score (nSPS) is 10.9. The lowest BCUT2D eigenvalue weighted by atomic mass is 10.2. The van der Waals surface area contributed by atoms with E-state index in [0.29, 0.717) is 11.4 Å². The van der Waals surface area contributed by atoms with Gasteiger partial charge in [0.15, 0.2) is 0 Å². The number of carbonyl (C=O) groups is 1. The van der Waals surface area contributed by atoms with Crippen LogP contribution in [-0.4, -0.2) is 40.9 Å². The van der Waals surface area contributed by atoms with E-state index in [1.54, 1.807) is 20.9 Å². The summed E-state index contributed by atoms with van der Waals surface area (Å²) in [5.74, 6) is -0.288. The number of amides is 1. The summed E-state index contributed by atoms with van der Waals surface area (Å²) >= 11 is 1.40. The number of benzene rings is 2. The summed E-state index contributed by atoms with van der Waals surface area (Å²) < 4.78 is 3.33. The van der Waals surface area contributed by atoms with Crippen molar-refractivity contribution in [1.29, 1.82) is 0 Å². The molecule has 3 heterocycles. The van der Waals surface area contributed by atoms with Gasteiger partial charge in [0.25, 0.3) is 5.91 Å². The smallest absolute Gasteiger partial charge is 0.275 e. The van der Waals surface area contributed by atoms with E-state index in [4.69, 9.17) is 0 Å². The molecule has 0 aliphatic carbocycles. The van der Waals surface area contributed by atoms with E-state index in [0.717, 1.165) is 27.5 Å². The number of anilines is 1. The maximum Gasteiger partial charge on any atom is 0.275 e. The fourth-order valence-electron chi connectivity index (χ4n) is 3.07. The van der Waals surface area contributed by atoms with Crippen LogP contribution in [0.5, 0.6) is 0 Å². The zero-order chi connectivity index (χ0) is 21.2. The zero-order valence-electron chi connectivity index (χ0n) is 16.4. The quantitative estimate of drug-likeness (QED) is 0.459. The van der Waals surface area contributed by atoms with Crippen molar-refractivity contribution >= 4 is 22.9 Å². The minimum Gasteiger partial charge on any atom is -0.321 e. The van der Waals surface area contributed by atoms with Gasteiger partial charge in [-0.25, -0.2) is 14.3 Å². The number of hydrogen-bond acceptors (Lipinski definition) is 7.